The molecule has 2 N–H and O–H groups in total. The summed E-state index contributed by atoms with van der Waals surface area (Å²) >= 11 is 0. The van der Waals surface area contributed by atoms with Crippen molar-refractivity contribution in [2.45, 2.75) is 26.3 Å². The molecule has 0 aromatic heterocycles. The van der Waals surface area contributed by atoms with Gasteiger partial charge in [-0.1, -0.05) is 25.1 Å². The van der Waals surface area contributed by atoms with Gasteiger partial charge in [-0.15, -0.1) is 0 Å². The zero-order valence-corrected chi connectivity index (χ0v) is 11.2. The number of nitrogens with two attached hydrogens (primary N) is 1. The molecule has 1 rings (SSSR count). The van der Waals surface area contributed by atoms with Gasteiger partial charge in [0.1, 0.15) is 5.75 Å². The maximum absolute atomic E-state index is 11.6. The highest BCUT2D eigenvalue weighted by Crippen LogP contribution is 2.20. The summed E-state index contributed by atoms with van der Waals surface area (Å²) in [4.78, 5) is 11.6. The molecule has 1 aromatic carbocycles. The van der Waals surface area contributed by atoms with Crippen molar-refractivity contribution in [3.05, 3.63) is 29.8 Å². The number of methoxy groups -OCH3 is 1. The second-order valence-electron chi connectivity index (χ2n) is 4.22. The van der Waals surface area contributed by atoms with Crippen molar-refractivity contribution < 1.29 is 14.3 Å². The summed E-state index contributed by atoms with van der Waals surface area (Å²) in [5, 5.41) is 0. The van der Waals surface area contributed by atoms with Gasteiger partial charge in [-0.25, -0.2) is 0 Å². The van der Waals surface area contributed by atoms with Crippen molar-refractivity contribution >= 4 is 5.97 Å². The fourth-order valence-electron chi connectivity index (χ4n) is 1.75. The molecule has 0 bridgehead atoms. The number of ether oxygens (including phenoxy) is 2. The third-order valence-corrected chi connectivity index (χ3v) is 2.95. The van der Waals surface area contributed by atoms with E-state index in [4.69, 9.17) is 15.2 Å². The zero-order valence-electron chi connectivity index (χ0n) is 11.2. The quantitative estimate of drug-likeness (QED) is 0.783. The Bertz CT molecular complexity index is 392. The van der Waals surface area contributed by atoms with Gasteiger partial charge in [0.25, 0.3) is 0 Å². The van der Waals surface area contributed by atoms with Crippen LogP contribution in [0.15, 0.2) is 24.3 Å². The van der Waals surface area contributed by atoms with Gasteiger partial charge < -0.3 is 15.2 Å². The first kappa shape index (κ1) is 14.5. The molecule has 0 spiro atoms. The zero-order chi connectivity index (χ0) is 13.5. The summed E-state index contributed by atoms with van der Waals surface area (Å²) in [5.74, 6) is 0.221. The van der Waals surface area contributed by atoms with E-state index >= 15 is 0 Å². The predicted octanol–water partition coefficient (Wildman–Crippen LogP) is 1.76. The molecule has 0 heterocycles. The standard InChI is InChI=1S/C14H21NO3/c1-4-18-14(16)10(2)12(15)9-11-7-5-6-8-13(11)17-3/h5-8,10,12H,4,9,15H2,1-3H3. The van der Waals surface area contributed by atoms with E-state index in [2.05, 4.69) is 0 Å². The molecule has 18 heavy (non-hydrogen) atoms. The van der Waals surface area contributed by atoms with Crippen molar-refractivity contribution in [2.24, 2.45) is 11.7 Å². The minimum Gasteiger partial charge on any atom is -0.496 e. The lowest BCUT2D eigenvalue weighted by molar-refractivity contribution is -0.148. The molecule has 0 aliphatic carbocycles. The maximum Gasteiger partial charge on any atom is 0.310 e. The fourth-order valence-corrected chi connectivity index (χ4v) is 1.75. The van der Waals surface area contributed by atoms with Gasteiger partial charge in [0.2, 0.25) is 0 Å². The van der Waals surface area contributed by atoms with Gasteiger partial charge >= 0.3 is 5.97 Å². The van der Waals surface area contributed by atoms with Crippen LogP contribution in [0.1, 0.15) is 19.4 Å². The van der Waals surface area contributed by atoms with Crippen LogP contribution in [0.2, 0.25) is 0 Å². The van der Waals surface area contributed by atoms with Gasteiger partial charge in [-0.2, -0.15) is 0 Å². The van der Waals surface area contributed by atoms with Crippen LogP contribution in [0.4, 0.5) is 0 Å². The number of esters is 1. The molecule has 2 unspecified atom stereocenters. The molecule has 0 saturated heterocycles. The molecule has 1 aromatic rings. The van der Waals surface area contributed by atoms with Gasteiger partial charge in [-0.05, 0) is 25.0 Å². The SMILES string of the molecule is CCOC(=O)C(C)C(N)Cc1ccccc1OC. The van der Waals surface area contributed by atoms with Crippen LogP contribution in [-0.2, 0) is 16.0 Å². The third-order valence-electron chi connectivity index (χ3n) is 2.95. The highest BCUT2D eigenvalue weighted by atomic mass is 16.5. The number of carbonyl (C=O) groups excluding carboxylic acids is 1. The molecule has 0 saturated carbocycles. The van der Waals surface area contributed by atoms with Gasteiger partial charge in [0.05, 0.1) is 19.6 Å². The fraction of sp³-hybridized carbons (Fsp3) is 0.500. The van der Waals surface area contributed by atoms with Crippen molar-refractivity contribution in [3.63, 3.8) is 0 Å². The van der Waals surface area contributed by atoms with Gasteiger partial charge in [-0.3, -0.25) is 4.79 Å². The Kier molecular flexibility index (Phi) is 5.65. The second-order valence-corrected chi connectivity index (χ2v) is 4.22. The van der Waals surface area contributed by atoms with E-state index in [9.17, 15) is 4.79 Å². The van der Waals surface area contributed by atoms with Crippen LogP contribution in [0.5, 0.6) is 5.75 Å². The Morgan fingerprint density at radius 2 is 2.06 bits per heavy atom. The van der Waals surface area contributed by atoms with Crippen LogP contribution in [0.3, 0.4) is 0 Å². The highest BCUT2D eigenvalue weighted by Gasteiger charge is 2.22. The Morgan fingerprint density at radius 1 is 1.39 bits per heavy atom. The van der Waals surface area contributed by atoms with Crippen molar-refractivity contribution in [1.82, 2.24) is 0 Å². The van der Waals surface area contributed by atoms with Crippen molar-refractivity contribution in [3.8, 4) is 5.75 Å². The molecule has 4 nitrogen and oxygen atoms in total. The first-order chi connectivity index (χ1) is 8.60. The molecule has 0 aliphatic heterocycles. The Balaban J connectivity index is 2.69. The first-order valence-electron chi connectivity index (χ1n) is 6.14. The number of para-hydroxylation sites is 1. The summed E-state index contributed by atoms with van der Waals surface area (Å²) in [7, 11) is 1.62. The number of rotatable bonds is 6. The van der Waals surface area contributed by atoms with Crippen LogP contribution < -0.4 is 10.5 Å². The average molecular weight is 251 g/mol. The van der Waals surface area contributed by atoms with Crippen LogP contribution >= 0.6 is 0 Å². The number of hydrogen-bond donors (Lipinski definition) is 1. The largest absolute Gasteiger partial charge is 0.496 e. The summed E-state index contributed by atoms with van der Waals surface area (Å²) in [6, 6.07) is 7.40. The Morgan fingerprint density at radius 3 is 2.67 bits per heavy atom. The summed E-state index contributed by atoms with van der Waals surface area (Å²) in [6.07, 6.45) is 0.587. The first-order valence-corrected chi connectivity index (χ1v) is 6.14. The van der Waals surface area contributed by atoms with E-state index in [1.807, 2.05) is 24.3 Å². The smallest absolute Gasteiger partial charge is 0.310 e. The van der Waals surface area contributed by atoms with Crippen molar-refractivity contribution in [1.29, 1.82) is 0 Å². The van der Waals surface area contributed by atoms with Gasteiger partial charge in [0, 0.05) is 6.04 Å². The van der Waals surface area contributed by atoms with E-state index in [0.29, 0.717) is 13.0 Å². The van der Waals surface area contributed by atoms with Crippen LogP contribution in [0.25, 0.3) is 0 Å². The van der Waals surface area contributed by atoms with E-state index < -0.39 is 0 Å². The second kappa shape index (κ2) is 7.01. The Hall–Kier alpha value is -1.55. The summed E-state index contributed by atoms with van der Waals surface area (Å²) in [6.45, 7) is 3.96. The molecule has 0 aliphatic rings. The lowest BCUT2D eigenvalue weighted by Crippen LogP contribution is -2.36. The highest BCUT2D eigenvalue weighted by molar-refractivity contribution is 5.72. The number of hydrogen-bond acceptors (Lipinski definition) is 4. The van der Waals surface area contributed by atoms with E-state index in [-0.39, 0.29) is 17.9 Å². The predicted molar refractivity (Wildman–Crippen MR) is 70.5 cm³/mol. The average Bonchev–Trinajstić information content (AvgIpc) is 2.38. The minimum absolute atomic E-state index is 0.250. The topological polar surface area (TPSA) is 61.5 Å². The summed E-state index contributed by atoms with van der Waals surface area (Å²) < 4.78 is 10.2. The monoisotopic (exact) mass is 251 g/mol. The molecule has 2 atom stereocenters. The van der Waals surface area contributed by atoms with Gasteiger partial charge in [0.15, 0.2) is 0 Å². The molecule has 100 valence electrons. The minimum atomic E-state index is -0.324. The van der Waals surface area contributed by atoms with Crippen LogP contribution in [-0.4, -0.2) is 25.7 Å². The summed E-state index contributed by atoms with van der Waals surface area (Å²) in [5.41, 5.74) is 7.05. The van der Waals surface area contributed by atoms with E-state index in [0.717, 1.165) is 11.3 Å². The van der Waals surface area contributed by atoms with Crippen molar-refractivity contribution in [2.75, 3.05) is 13.7 Å². The maximum atomic E-state index is 11.6. The molecular weight excluding hydrogens is 230 g/mol. The number of carbonyl (C=O) groups is 1. The molecular formula is C14H21NO3. The normalized spacial score (nSPS) is 13.8. The third kappa shape index (κ3) is 3.74. The molecule has 0 fully saturated rings. The Labute approximate surface area is 108 Å². The molecule has 0 radical (unpaired) electrons. The molecule has 0 amide bonds. The lowest BCUT2D eigenvalue weighted by Gasteiger charge is -2.19. The van der Waals surface area contributed by atoms with Crippen LogP contribution in [0, 0.1) is 5.92 Å². The van der Waals surface area contributed by atoms with E-state index in [1.165, 1.54) is 0 Å². The number of benzene rings is 1. The molecule has 4 heteroatoms. The van der Waals surface area contributed by atoms with E-state index in [1.54, 1.807) is 21.0 Å². The lowest BCUT2D eigenvalue weighted by atomic mass is 9.95.